The Bertz CT molecular complexity index is 1160. The summed E-state index contributed by atoms with van der Waals surface area (Å²) in [6.07, 6.45) is 3.62. The molecule has 0 aliphatic carbocycles. The van der Waals surface area contributed by atoms with Crippen LogP contribution in [-0.4, -0.2) is 21.8 Å². The number of benzene rings is 2. The van der Waals surface area contributed by atoms with Crippen LogP contribution in [0.25, 0.3) is 11.6 Å². The molecule has 1 aromatic heterocycles. The molecule has 1 aliphatic heterocycles. The number of nitrogens with one attached hydrogen (secondary N) is 1. The number of aromatic nitrogens is 1. The largest absolute Gasteiger partial charge is 0.493 e. The van der Waals surface area contributed by atoms with Crippen molar-refractivity contribution >= 4 is 58.7 Å². The van der Waals surface area contributed by atoms with E-state index in [-0.39, 0.29) is 11.8 Å². The Morgan fingerprint density at radius 3 is 2.71 bits per heavy atom. The van der Waals surface area contributed by atoms with Gasteiger partial charge in [-0.25, -0.2) is 0 Å². The van der Waals surface area contributed by atoms with Crippen molar-refractivity contribution in [3.05, 3.63) is 69.0 Å². The number of amides is 1. The van der Waals surface area contributed by atoms with Crippen LogP contribution in [0, 0.1) is 3.95 Å². The minimum Gasteiger partial charge on any atom is -0.493 e. The summed E-state index contributed by atoms with van der Waals surface area (Å²) < 4.78 is 1.91. The Labute approximate surface area is 171 Å². The van der Waals surface area contributed by atoms with Crippen LogP contribution >= 0.6 is 23.6 Å². The van der Waals surface area contributed by atoms with Crippen molar-refractivity contribution in [3.63, 3.8) is 0 Å². The number of hydrogen-bond donors (Lipinski definition) is 2. The van der Waals surface area contributed by atoms with E-state index >= 15 is 0 Å². The zero-order valence-electron chi connectivity index (χ0n) is 15.0. The van der Waals surface area contributed by atoms with Crippen LogP contribution < -0.4 is 5.32 Å². The molecule has 0 fully saturated rings. The summed E-state index contributed by atoms with van der Waals surface area (Å²) >= 11 is 6.68. The first-order chi connectivity index (χ1) is 13.5. The molecule has 140 valence electrons. The number of aliphatic imine (C=N–C) groups is 1. The molecule has 4 rings (SSSR count). The number of anilines is 1. The summed E-state index contributed by atoms with van der Waals surface area (Å²) in [5.41, 5.74) is 3.49. The first-order valence-corrected chi connectivity index (χ1v) is 9.92. The molecule has 7 heteroatoms. The molecule has 0 spiro atoms. The molecule has 0 bridgehead atoms. The Morgan fingerprint density at radius 2 is 1.93 bits per heavy atom. The number of hydrogen-bond acceptors (Lipinski definition) is 5. The van der Waals surface area contributed by atoms with Gasteiger partial charge in [-0.1, -0.05) is 36.4 Å². The first-order valence-electron chi connectivity index (χ1n) is 8.70. The summed E-state index contributed by atoms with van der Waals surface area (Å²) in [7, 11) is 0. The van der Waals surface area contributed by atoms with Crippen LogP contribution in [0.5, 0.6) is 5.88 Å². The van der Waals surface area contributed by atoms with E-state index < -0.39 is 6.04 Å². The molecular formula is C21H17N3O2S2. The Morgan fingerprint density at radius 1 is 1.21 bits per heavy atom. The van der Waals surface area contributed by atoms with Gasteiger partial charge in [0, 0.05) is 23.0 Å². The number of para-hydroxylation sites is 2. The summed E-state index contributed by atoms with van der Waals surface area (Å²) in [6.45, 7) is 1.71. The van der Waals surface area contributed by atoms with Gasteiger partial charge in [-0.3, -0.25) is 14.4 Å². The molecule has 1 aliphatic rings. The van der Waals surface area contributed by atoms with Gasteiger partial charge < -0.3 is 10.4 Å². The van der Waals surface area contributed by atoms with Gasteiger partial charge in [0.1, 0.15) is 6.04 Å². The molecule has 0 saturated carbocycles. The quantitative estimate of drug-likeness (QED) is 0.566. The topological polar surface area (TPSA) is 66.6 Å². The Hall–Kier alpha value is -3.03. The minimum atomic E-state index is -0.652. The van der Waals surface area contributed by atoms with Gasteiger partial charge in [0.25, 0.3) is 0 Å². The van der Waals surface area contributed by atoms with E-state index in [2.05, 4.69) is 10.3 Å². The fourth-order valence-corrected chi connectivity index (χ4v) is 4.43. The third-order valence-corrected chi connectivity index (χ3v) is 5.83. The highest BCUT2D eigenvalue weighted by Gasteiger charge is 2.22. The van der Waals surface area contributed by atoms with E-state index in [0.717, 1.165) is 16.8 Å². The second kappa shape index (κ2) is 7.53. The standard InChI is InChI=1S/C21H17N3O2S2/c1-13(19(25)23-15-7-3-2-4-8-15)24-20(26)18(28-21(24)27)11-14-12-22-17-10-6-5-9-16(14)17/h2-13,26H,1H3,(H,23,25)/b14-11-. The van der Waals surface area contributed by atoms with Gasteiger partial charge in [0.15, 0.2) is 3.95 Å². The predicted octanol–water partition coefficient (Wildman–Crippen LogP) is 5.44. The van der Waals surface area contributed by atoms with Gasteiger partial charge in [0.2, 0.25) is 11.8 Å². The van der Waals surface area contributed by atoms with Crippen molar-refractivity contribution < 1.29 is 9.90 Å². The summed E-state index contributed by atoms with van der Waals surface area (Å²) in [5, 5.41) is 13.6. The minimum absolute atomic E-state index is 0.0176. The van der Waals surface area contributed by atoms with Gasteiger partial charge in [-0.15, -0.1) is 11.3 Å². The molecule has 28 heavy (non-hydrogen) atoms. The van der Waals surface area contributed by atoms with Crippen molar-refractivity contribution in [2.75, 3.05) is 5.32 Å². The summed E-state index contributed by atoms with van der Waals surface area (Å²) in [6, 6.07) is 16.3. The van der Waals surface area contributed by atoms with E-state index in [4.69, 9.17) is 12.2 Å². The lowest BCUT2D eigenvalue weighted by molar-refractivity contribution is -0.118. The van der Waals surface area contributed by atoms with Crippen LogP contribution in [-0.2, 0) is 4.79 Å². The Kier molecular flexibility index (Phi) is 4.93. The number of allylic oxidation sites excluding steroid dienone is 1. The number of aromatic hydroxyl groups is 1. The zero-order chi connectivity index (χ0) is 19.7. The van der Waals surface area contributed by atoms with Crippen LogP contribution in [0.1, 0.15) is 23.4 Å². The molecule has 1 atom stereocenters. The zero-order valence-corrected chi connectivity index (χ0v) is 16.6. The molecule has 0 saturated heterocycles. The van der Waals surface area contributed by atoms with Gasteiger partial charge >= 0.3 is 0 Å². The molecule has 0 radical (unpaired) electrons. The number of fused-ring (bicyclic) bond motifs is 1. The van der Waals surface area contributed by atoms with E-state index in [1.807, 2.05) is 60.7 Å². The summed E-state index contributed by atoms with van der Waals surface area (Å²) in [5.74, 6) is -0.265. The molecule has 2 aromatic carbocycles. The van der Waals surface area contributed by atoms with Gasteiger partial charge in [-0.05, 0) is 43.4 Å². The van der Waals surface area contributed by atoms with Crippen molar-refractivity contribution in [1.29, 1.82) is 0 Å². The van der Waals surface area contributed by atoms with Gasteiger partial charge in [0.05, 0.1) is 10.6 Å². The molecule has 3 aromatic rings. The maximum Gasteiger partial charge on any atom is 0.247 e. The smallest absolute Gasteiger partial charge is 0.247 e. The second-order valence-corrected chi connectivity index (χ2v) is 8.01. The SMILES string of the molecule is CC(C(=O)Nc1ccccc1)n1c(O)c(/C=C2/C=Nc3ccccc32)sc1=S. The number of nitrogens with zero attached hydrogens (tertiary/aromatic N) is 2. The van der Waals surface area contributed by atoms with E-state index in [9.17, 15) is 9.90 Å². The van der Waals surface area contributed by atoms with Crippen molar-refractivity contribution in [1.82, 2.24) is 4.57 Å². The maximum absolute atomic E-state index is 12.6. The highest BCUT2D eigenvalue weighted by atomic mass is 32.1. The lowest BCUT2D eigenvalue weighted by Crippen LogP contribution is -2.23. The molecular weight excluding hydrogens is 390 g/mol. The molecule has 2 heterocycles. The van der Waals surface area contributed by atoms with Crippen molar-refractivity contribution in [3.8, 4) is 5.88 Å². The number of rotatable bonds is 4. The molecule has 5 nitrogen and oxygen atoms in total. The van der Waals surface area contributed by atoms with Crippen LogP contribution in [0.3, 0.4) is 0 Å². The van der Waals surface area contributed by atoms with Gasteiger partial charge in [-0.2, -0.15) is 0 Å². The predicted molar refractivity (Wildman–Crippen MR) is 117 cm³/mol. The van der Waals surface area contributed by atoms with E-state index in [0.29, 0.717) is 14.5 Å². The number of carbonyl (C=O) groups is 1. The second-order valence-electron chi connectivity index (χ2n) is 6.33. The average Bonchev–Trinajstić information content (AvgIpc) is 3.23. The third kappa shape index (κ3) is 3.42. The maximum atomic E-state index is 12.6. The summed E-state index contributed by atoms with van der Waals surface area (Å²) in [4.78, 5) is 17.6. The average molecular weight is 408 g/mol. The van der Waals surface area contributed by atoms with Crippen LogP contribution in [0.4, 0.5) is 11.4 Å². The van der Waals surface area contributed by atoms with Crippen molar-refractivity contribution in [2.24, 2.45) is 4.99 Å². The lowest BCUT2D eigenvalue weighted by Gasteiger charge is -2.14. The number of carbonyl (C=O) groups excluding carboxylic acids is 1. The van der Waals surface area contributed by atoms with E-state index in [1.54, 1.807) is 13.1 Å². The molecule has 1 amide bonds. The van der Waals surface area contributed by atoms with Crippen LogP contribution in [0.2, 0.25) is 0 Å². The van der Waals surface area contributed by atoms with Crippen molar-refractivity contribution in [2.45, 2.75) is 13.0 Å². The first kappa shape index (κ1) is 18.3. The lowest BCUT2D eigenvalue weighted by atomic mass is 10.1. The fourth-order valence-electron chi connectivity index (χ4n) is 3.01. The van der Waals surface area contributed by atoms with E-state index in [1.165, 1.54) is 15.9 Å². The van der Waals surface area contributed by atoms with Crippen LogP contribution in [0.15, 0.2) is 59.6 Å². The number of thiazole rings is 1. The highest BCUT2D eigenvalue weighted by Crippen LogP contribution is 2.37. The normalized spacial score (nSPS) is 14.8. The molecule has 1 unspecified atom stereocenters. The Balaban J connectivity index is 1.63. The monoisotopic (exact) mass is 407 g/mol. The fraction of sp³-hybridized carbons (Fsp3) is 0.0952. The molecule has 2 N–H and O–H groups in total. The highest BCUT2D eigenvalue weighted by molar-refractivity contribution is 7.73. The third-order valence-electron chi connectivity index (χ3n) is 4.49.